The van der Waals surface area contributed by atoms with Gasteiger partial charge in [0.1, 0.15) is 17.6 Å². The highest BCUT2D eigenvalue weighted by atomic mass is 35.5. The first-order chi connectivity index (χ1) is 15.2. The van der Waals surface area contributed by atoms with E-state index < -0.39 is 0 Å². The van der Waals surface area contributed by atoms with E-state index in [0.717, 1.165) is 61.4 Å². The summed E-state index contributed by atoms with van der Waals surface area (Å²) in [7, 11) is 1.69. The molecule has 1 atom stereocenters. The van der Waals surface area contributed by atoms with Crippen LogP contribution in [0.4, 0.5) is 5.69 Å². The predicted molar refractivity (Wildman–Crippen MR) is 128 cm³/mol. The van der Waals surface area contributed by atoms with Crippen LogP contribution in [0.3, 0.4) is 0 Å². The smallest absolute Gasteiger partial charge is 0.125 e. The fraction of sp³-hybridized carbons (Fsp3) is 0.308. The first-order valence-electron chi connectivity index (χ1n) is 10.8. The maximum absolute atomic E-state index is 6.38. The minimum Gasteiger partial charge on any atom is -0.497 e. The molecule has 1 saturated heterocycles. The molecule has 0 spiro atoms. The van der Waals surface area contributed by atoms with Crippen LogP contribution in [-0.2, 0) is 0 Å². The summed E-state index contributed by atoms with van der Waals surface area (Å²) >= 11 is 6.38. The van der Waals surface area contributed by atoms with Gasteiger partial charge in [0.15, 0.2) is 0 Å². The molecule has 162 valence electrons. The van der Waals surface area contributed by atoms with E-state index in [2.05, 4.69) is 28.0 Å². The van der Waals surface area contributed by atoms with Crippen LogP contribution in [0.2, 0.25) is 5.02 Å². The highest BCUT2D eigenvalue weighted by Crippen LogP contribution is 2.28. The van der Waals surface area contributed by atoms with Crippen LogP contribution in [0, 0.1) is 0 Å². The Kier molecular flexibility index (Phi) is 7.34. The van der Waals surface area contributed by atoms with Gasteiger partial charge in [-0.3, -0.25) is 4.90 Å². The number of ether oxygens (including phenoxy) is 2. The van der Waals surface area contributed by atoms with Crippen LogP contribution < -0.4 is 14.4 Å². The Balaban J connectivity index is 1.37. The minimum atomic E-state index is -0.00472. The zero-order valence-electron chi connectivity index (χ0n) is 17.9. The van der Waals surface area contributed by atoms with Crippen molar-refractivity contribution in [3.63, 3.8) is 0 Å². The zero-order chi connectivity index (χ0) is 21.5. The van der Waals surface area contributed by atoms with Gasteiger partial charge < -0.3 is 14.4 Å². The van der Waals surface area contributed by atoms with Crippen molar-refractivity contribution in [2.24, 2.45) is 0 Å². The maximum atomic E-state index is 6.38. The molecule has 31 heavy (non-hydrogen) atoms. The number of piperazine rings is 1. The lowest BCUT2D eigenvalue weighted by molar-refractivity contribution is 0.160. The van der Waals surface area contributed by atoms with Crippen LogP contribution in [0.5, 0.6) is 11.5 Å². The Morgan fingerprint density at radius 3 is 2.16 bits per heavy atom. The van der Waals surface area contributed by atoms with Gasteiger partial charge in [0.2, 0.25) is 0 Å². The standard InChI is InChI=1S/C26H29ClN2O2/c1-30-22-13-11-21(12-14-22)26(31-23-7-3-2-4-8-23)15-16-28-17-19-29(20-18-28)25-10-6-5-9-24(25)27/h2-14,26H,15-20H2,1H3. The molecule has 0 N–H and O–H groups in total. The number of nitrogens with zero attached hydrogens (tertiary/aromatic N) is 2. The van der Waals surface area contributed by atoms with Gasteiger partial charge in [-0.05, 0) is 42.0 Å². The van der Waals surface area contributed by atoms with Crippen molar-refractivity contribution in [1.82, 2.24) is 4.90 Å². The first kappa shape index (κ1) is 21.5. The molecule has 0 aromatic heterocycles. The van der Waals surface area contributed by atoms with E-state index in [1.807, 2.05) is 60.7 Å². The number of hydrogen-bond donors (Lipinski definition) is 0. The van der Waals surface area contributed by atoms with Gasteiger partial charge in [0.05, 0.1) is 17.8 Å². The van der Waals surface area contributed by atoms with Gasteiger partial charge in [-0.2, -0.15) is 0 Å². The van der Waals surface area contributed by atoms with E-state index in [9.17, 15) is 0 Å². The summed E-state index contributed by atoms with van der Waals surface area (Å²) in [6.07, 6.45) is 0.919. The lowest BCUT2D eigenvalue weighted by Gasteiger charge is -2.37. The third kappa shape index (κ3) is 5.72. The van der Waals surface area contributed by atoms with Crippen LogP contribution in [0.1, 0.15) is 18.1 Å². The quantitative estimate of drug-likeness (QED) is 0.453. The summed E-state index contributed by atoms with van der Waals surface area (Å²) in [6.45, 7) is 4.99. The van der Waals surface area contributed by atoms with Crippen molar-refractivity contribution < 1.29 is 9.47 Å². The molecule has 1 heterocycles. The monoisotopic (exact) mass is 436 g/mol. The van der Waals surface area contributed by atoms with E-state index in [0.29, 0.717) is 0 Å². The number of anilines is 1. The predicted octanol–water partition coefficient (Wildman–Crippen LogP) is 5.68. The number of methoxy groups -OCH3 is 1. The molecule has 0 bridgehead atoms. The van der Waals surface area contributed by atoms with E-state index in [4.69, 9.17) is 21.1 Å². The fourth-order valence-electron chi connectivity index (χ4n) is 4.00. The molecule has 5 heteroatoms. The van der Waals surface area contributed by atoms with Crippen molar-refractivity contribution >= 4 is 17.3 Å². The van der Waals surface area contributed by atoms with E-state index in [-0.39, 0.29) is 6.10 Å². The summed E-state index contributed by atoms with van der Waals surface area (Å²) in [5, 5.41) is 0.826. The molecule has 4 nitrogen and oxygen atoms in total. The minimum absolute atomic E-state index is 0.00472. The molecule has 1 aliphatic rings. The average molecular weight is 437 g/mol. The number of rotatable bonds is 8. The number of benzene rings is 3. The van der Waals surface area contributed by atoms with Gasteiger partial charge in [0, 0.05) is 39.1 Å². The fourth-order valence-corrected chi connectivity index (χ4v) is 4.25. The molecule has 1 aliphatic heterocycles. The summed E-state index contributed by atoms with van der Waals surface area (Å²) in [6, 6.07) is 26.3. The van der Waals surface area contributed by atoms with Gasteiger partial charge in [-0.1, -0.05) is 54.1 Å². The third-order valence-corrected chi connectivity index (χ3v) is 6.10. The zero-order valence-corrected chi connectivity index (χ0v) is 18.7. The van der Waals surface area contributed by atoms with Crippen LogP contribution in [-0.4, -0.2) is 44.7 Å². The average Bonchev–Trinajstić information content (AvgIpc) is 2.83. The Morgan fingerprint density at radius 1 is 0.806 bits per heavy atom. The van der Waals surface area contributed by atoms with Gasteiger partial charge in [-0.25, -0.2) is 0 Å². The van der Waals surface area contributed by atoms with Gasteiger partial charge in [0.25, 0.3) is 0 Å². The SMILES string of the molecule is COc1ccc(C(CCN2CCN(c3ccccc3Cl)CC2)Oc2ccccc2)cc1. The molecule has 3 aromatic rings. The number of hydrogen-bond acceptors (Lipinski definition) is 4. The second-order valence-electron chi connectivity index (χ2n) is 7.76. The summed E-state index contributed by atoms with van der Waals surface area (Å²) < 4.78 is 11.7. The lowest BCUT2D eigenvalue weighted by Crippen LogP contribution is -2.47. The molecule has 1 unspecified atom stereocenters. The van der Waals surface area contributed by atoms with Crippen molar-refractivity contribution in [1.29, 1.82) is 0 Å². The lowest BCUT2D eigenvalue weighted by atomic mass is 10.1. The molecular weight excluding hydrogens is 408 g/mol. The normalized spacial score (nSPS) is 15.5. The van der Waals surface area contributed by atoms with E-state index in [1.54, 1.807) is 7.11 Å². The second-order valence-corrected chi connectivity index (χ2v) is 8.17. The summed E-state index contributed by atoms with van der Waals surface area (Å²) in [5.74, 6) is 1.75. The van der Waals surface area contributed by atoms with Crippen LogP contribution >= 0.6 is 11.6 Å². The Morgan fingerprint density at radius 2 is 1.48 bits per heavy atom. The van der Waals surface area contributed by atoms with Gasteiger partial charge in [-0.15, -0.1) is 0 Å². The Bertz CT molecular complexity index is 941. The topological polar surface area (TPSA) is 24.9 Å². The maximum Gasteiger partial charge on any atom is 0.125 e. The second kappa shape index (κ2) is 10.6. The van der Waals surface area contributed by atoms with Crippen molar-refractivity contribution in [3.8, 4) is 11.5 Å². The molecular formula is C26H29ClN2O2. The molecule has 0 radical (unpaired) electrons. The molecule has 0 aliphatic carbocycles. The Labute approximate surface area is 190 Å². The molecule has 1 fully saturated rings. The van der Waals surface area contributed by atoms with Gasteiger partial charge >= 0.3 is 0 Å². The molecule has 3 aromatic carbocycles. The summed E-state index contributed by atoms with van der Waals surface area (Å²) in [4.78, 5) is 4.89. The largest absolute Gasteiger partial charge is 0.497 e. The Hall–Kier alpha value is -2.69. The van der Waals surface area contributed by atoms with Crippen LogP contribution in [0.15, 0.2) is 78.9 Å². The van der Waals surface area contributed by atoms with Crippen molar-refractivity contribution in [2.45, 2.75) is 12.5 Å². The highest BCUT2D eigenvalue weighted by molar-refractivity contribution is 6.33. The highest BCUT2D eigenvalue weighted by Gasteiger charge is 2.21. The molecule has 4 rings (SSSR count). The number of halogens is 1. The number of para-hydroxylation sites is 2. The van der Waals surface area contributed by atoms with Crippen LogP contribution in [0.25, 0.3) is 0 Å². The van der Waals surface area contributed by atoms with Crippen molar-refractivity contribution in [3.05, 3.63) is 89.4 Å². The summed E-state index contributed by atoms with van der Waals surface area (Å²) in [5.41, 5.74) is 2.30. The molecule has 0 saturated carbocycles. The first-order valence-corrected chi connectivity index (χ1v) is 11.2. The molecule has 0 amide bonds. The van der Waals surface area contributed by atoms with Crippen molar-refractivity contribution in [2.75, 3.05) is 44.7 Å². The van der Waals surface area contributed by atoms with E-state index in [1.165, 1.54) is 5.56 Å². The third-order valence-electron chi connectivity index (χ3n) is 5.78. The van der Waals surface area contributed by atoms with E-state index >= 15 is 0 Å².